The van der Waals surface area contributed by atoms with Crippen LogP contribution in [0.15, 0.2) is 28.2 Å². The fourth-order valence-corrected chi connectivity index (χ4v) is 4.09. The maximum atomic E-state index is 12.9. The van der Waals surface area contributed by atoms with Gasteiger partial charge >= 0.3 is 0 Å². The molecule has 150 valence electrons. The van der Waals surface area contributed by atoms with E-state index in [0.29, 0.717) is 13.0 Å². The molecule has 0 amide bonds. The van der Waals surface area contributed by atoms with Gasteiger partial charge < -0.3 is 4.90 Å². The Balaban J connectivity index is 2.34. The molecule has 10 heteroatoms. The summed E-state index contributed by atoms with van der Waals surface area (Å²) in [7, 11) is -0.349. The fourth-order valence-electron chi connectivity index (χ4n) is 2.73. The Labute approximate surface area is 160 Å². The fraction of sp³-hybridized carbons (Fsp3) is 0.588. The number of likely N-dealkylation sites (tertiary alicyclic amines) is 1. The molecule has 0 bridgehead atoms. The number of unbranched alkanes of at least 4 members (excludes halogenated alkanes) is 1. The molecule has 1 aromatic rings. The number of hydrogen-bond acceptors (Lipinski definition) is 7. The molecule has 1 aliphatic rings. The smallest absolute Gasteiger partial charge is 0.270 e. The van der Waals surface area contributed by atoms with Crippen molar-refractivity contribution >= 4 is 27.1 Å². The third-order valence-electron chi connectivity index (χ3n) is 4.59. The maximum absolute atomic E-state index is 12.9. The van der Waals surface area contributed by atoms with Gasteiger partial charge in [0.25, 0.3) is 5.69 Å². The Hall–Kier alpha value is -2.04. The number of nitro groups is 1. The molecule has 0 spiro atoms. The highest BCUT2D eigenvalue weighted by Gasteiger charge is 2.26. The molecule has 27 heavy (non-hydrogen) atoms. The quantitative estimate of drug-likeness (QED) is 0.533. The Kier molecular flexibility index (Phi) is 7.28. The van der Waals surface area contributed by atoms with Crippen LogP contribution in [-0.2, 0) is 10.0 Å². The molecule has 0 saturated carbocycles. The van der Waals surface area contributed by atoms with E-state index in [1.807, 2.05) is 14.0 Å². The van der Waals surface area contributed by atoms with E-state index in [1.165, 1.54) is 23.5 Å². The van der Waals surface area contributed by atoms with E-state index in [2.05, 4.69) is 15.4 Å². The van der Waals surface area contributed by atoms with Gasteiger partial charge in [-0.1, -0.05) is 13.3 Å². The van der Waals surface area contributed by atoms with Gasteiger partial charge in [-0.05, 0) is 19.5 Å². The lowest BCUT2D eigenvalue weighted by molar-refractivity contribution is -0.385. The Morgan fingerprint density at radius 3 is 2.59 bits per heavy atom. The Morgan fingerprint density at radius 1 is 1.33 bits per heavy atom. The van der Waals surface area contributed by atoms with Gasteiger partial charge in [-0.2, -0.15) is 5.10 Å². The minimum Gasteiger partial charge on any atom is -0.306 e. The van der Waals surface area contributed by atoms with E-state index in [0.717, 1.165) is 44.1 Å². The number of nitro benzene ring substituents is 1. The molecule has 1 aromatic carbocycles. The normalized spacial score (nSPS) is 15.8. The van der Waals surface area contributed by atoms with Gasteiger partial charge in [-0.25, -0.2) is 12.7 Å². The number of hydrogen-bond donors (Lipinski definition) is 1. The number of benzene rings is 1. The molecule has 0 unspecified atom stereocenters. The monoisotopic (exact) mass is 397 g/mol. The van der Waals surface area contributed by atoms with Crippen molar-refractivity contribution in [2.24, 2.45) is 5.10 Å². The van der Waals surface area contributed by atoms with Crippen molar-refractivity contribution < 1.29 is 13.3 Å². The summed E-state index contributed by atoms with van der Waals surface area (Å²) < 4.78 is 27.1. The van der Waals surface area contributed by atoms with E-state index in [-0.39, 0.29) is 16.3 Å². The van der Waals surface area contributed by atoms with E-state index in [9.17, 15) is 18.5 Å². The Morgan fingerprint density at radius 2 is 2.00 bits per heavy atom. The first kappa shape index (κ1) is 21.3. The zero-order valence-electron chi connectivity index (χ0n) is 16.0. The predicted octanol–water partition coefficient (Wildman–Crippen LogP) is 2.51. The SMILES string of the molecule is CCCCN(C)S(=O)(=O)c1cc([N+](=O)[O-])ccc1NN=C1CCN(C)CC1. The van der Waals surface area contributed by atoms with E-state index in [4.69, 9.17) is 0 Å². The molecule has 0 aromatic heterocycles. The third kappa shape index (κ3) is 5.47. The summed E-state index contributed by atoms with van der Waals surface area (Å²) in [5.41, 5.74) is 3.75. The number of rotatable bonds is 8. The standard InChI is InChI=1S/C17H27N5O4S/c1-4-5-10-21(3)27(25,26)17-13-15(22(23)24)6-7-16(17)19-18-14-8-11-20(2)12-9-14/h6-7,13,19H,4-5,8-12H2,1-3H3. The van der Waals surface area contributed by atoms with Crippen LogP contribution in [0.3, 0.4) is 0 Å². The highest BCUT2D eigenvalue weighted by molar-refractivity contribution is 7.89. The number of nitrogens with zero attached hydrogens (tertiary/aromatic N) is 4. The predicted molar refractivity (Wildman–Crippen MR) is 106 cm³/mol. The van der Waals surface area contributed by atoms with Crippen LogP contribution < -0.4 is 5.43 Å². The van der Waals surface area contributed by atoms with Crippen molar-refractivity contribution in [2.75, 3.05) is 39.2 Å². The number of non-ortho nitro benzene ring substituents is 1. The summed E-state index contributed by atoms with van der Waals surface area (Å²) in [6, 6.07) is 3.77. The average molecular weight is 398 g/mol. The molecule has 1 heterocycles. The van der Waals surface area contributed by atoms with Crippen molar-refractivity contribution in [3.63, 3.8) is 0 Å². The minimum atomic E-state index is -3.87. The molecule has 0 atom stereocenters. The van der Waals surface area contributed by atoms with Crippen molar-refractivity contribution in [1.29, 1.82) is 0 Å². The Bertz CT molecular complexity index is 800. The summed E-state index contributed by atoms with van der Waals surface area (Å²) in [4.78, 5) is 12.6. The zero-order valence-corrected chi connectivity index (χ0v) is 16.8. The van der Waals surface area contributed by atoms with Crippen LogP contribution in [0.2, 0.25) is 0 Å². The van der Waals surface area contributed by atoms with Crippen LogP contribution in [0.5, 0.6) is 0 Å². The van der Waals surface area contributed by atoms with Gasteiger partial charge in [0.05, 0.1) is 10.6 Å². The number of sulfonamides is 1. The summed E-state index contributed by atoms with van der Waals surface area (Å²) in [5.74, 6) is 0. The molecule has 2 rings (SSSR count). The van der Waals surface area contributed by atoms with E-state index < -0.39 is 14.9 Å². The number of nitrogens with one attached hydrogen (secondary N) is 1. The first-order valence-corrected chi connectivity index (χ1v) is 10.4. The van der Waals surface area contributed by atoms with Gasteiger partial charge in [-0.15, -0.1) is 0 Å². The molecule has 1 fully saturated rings. The second kappa shape index (κ2) is 9.25. The van der Waals surface area contributed by atoms with Crippen LogP contribution in [0.25, 0.3) is 0 Å². The molecule has 1 N–H and O–H groups in total. The van der Waals surface area contributed by atoms with Crippen LogP contribution in [0.1, 0.15) is 32.6 Å². The van der Waals surface area contributed by atoms with Crippen molar-refractivity contribution in [3.8, 4) is 0 Å². The van der Waals surface area contributed by atoms with Crippen LogP contribution in [0.4, 0.5) is 11.4 Å². The highest BCUT2D eigenvalue weighted by atomic mass is 32.2. The summed E-state index contributed by atoms with van der Waals surface area (Å²) in [6.07, 6.45) is 3.16. The lowest BCUT2D eigenvalue weighted by Crippen LogP contribution is -2.31. The zero-order chi connectivity index (χ0) is 20.0. The topological polar surface area (TPSA) is 108 Å². The lowest BCUT2D eigenvalue weighted by Gasteiger charge is -2.23. The summed E-state index contributed by atoms with van der Waals surface area (Å²) in [5, 5.41) is 15.5. The second-order valence-corrected chi connectivity index (χ2v) is 8.72. The molecule has 9 nitrogen and oxygen atoms in total. The van der Waals surface area contributed by atoms with Gasteiger partial charge in [0, 0.05) is 57.4 Å². The van der Waals surface area contributed by atoms with Gasteiger partial charge in [0.15, 0.2) is 0 Å². The molecular weight excluding hydrogens is 370 g/mol. The first-order chi connectivity index (χ1) is 12.8. The van der Waals surface area contributed by atoms with E-state index >= 15 is 0 Å². The molecule has 1 saturated heterocycles. The van der Waals surface area contributed by atoms with Gasteiger partial charge in [0.2, 0.25) is 10.0 Å². The minimum absolute atomic E-state index is 0.132. The van der Waals surface area contributed by atoms with Crippen LogP contribution in [-0.4, -0.2) is 62.0 Å². The second-order valence-electron chi connectivity index (χ2n) is 6.71. The molecule has 0 aliphatic carbocycles. The highest BCUT2D eigenvalue weighted by Crippen LogP contribution is 2.29. The average Bonchev–Trinajstić information content (AvgIpc) is 2.65. The number of piperidine rings is 1. The molecule has 1 aliphatic heterocycles. The van der Waals surface area contributed by atoms with Crippen molar-refractivity contribution in [3.05, 3.63) is 28.3 Å². The molecule has 0 radical (unpaired) electrons. The molecular formula is C17H27N5O4S. The summed E-state index contributed by atoms with van der Waals surface area (Å²) in [6.45, 7) is 4.11. The summed E-state index contributed by atoms with van der Waals surface area (Å²) >= 11 is 0. The van der Waals surface area contributed by atoms with Crippen LogP contribution >= 0.6 is 0 Å². The van der Waals surface area contributed by atoms with Crippen LogP contribution in [0, 0.1) is 10.1 Å². The number of anilines is 1. The first-order valence-electron chi connectivity index (χ1n) is 9.00. The van der Waals surface area contributed by atoms with Gasteiger partial charge in [-0.3, -0.25) is 15.5 Å². The third-order valence-corrected chi connectivity index (χ3v) is 6.49. The maximum Gasteiger partial charge on any atom is 0.270 e. The van der Waals surface area contributed by atoms with Crippen molar-refractivity contribution in [1.82, 2.24) is 9.21 Å². The van der Waals surface area contributed by atoms with Crippen molar-refractivity contribution in [2.45, 2.75) is 37.5 Å². The van der Waals surface area contributed by atoms with Gasteiger partial charge in [0.1, 0.15) is 4.90 Å². The number of hydrazone groups is 1. The van der Waals surface area contributed by atoms with E-state index in [1.54, 1.807) is 0 Å². The largest absolute Gasteiger partial charge is 0.306 e. The lowest BCUT2D eigenvalue weighted by atomic mass is 10.1.